The number of thioether (sulfide) groups is 1. The number of aromatic nitrogens is 1. The molecule has 0 fully saturated rings. The lowest BCUT2D eigenvalue weighted by Gasteiger charge is -2.16. The monoisotopic (exact) mass is 343 g/mol. The van der Waals surface area contributed by atoms with Crippen LogP contribution >= 0.6 is 23.4 Å². The molecule has 4 nitrogen and oxygen atoms in total. The number of amidine groups is 1. The molecule has 23 heavy (non-hydrogen) atoms. The zero-order valence-electron chi connectivity index (χ0n) is 12.4. The second kappa shape index (κ2) is 6.98. The molecule has 0 N–H and O–H groups in total. The Kier molecular flexibility index (Phi) is 4.79. The van der Waals surface area contributed by atoms with Crippen molar-refractivity contribution in [1.82, 2.24) is 9.88 Å². The van der Waals surface area contributed by atoms with E-state index in [-0.39, 0.29) is 5.91 Å². The van der Waals surface area contributed by atoms with Crippen LogP contribution in [0.1, 0.15) is 11.1 Å². The van der Waals surface area contributed by atoms with Crippen molar-refractivity contribution in [3.05, 3.63) is 70.6 Å². The maximum atomic E-state index is 12.6. The average Bonchev–Trinajstić information content (AvgIpc) is 2.86. The number of aliphatic imine (C=N–C) groups is 1. The Balaban J connectivity index is 1.85. The van der Waals surface area contributed by atoms with E-state index in [9.17, 15) is 4.79 Å². The van der Waals surface area contributed by atoms with Crippen LogP contribution < -0.4 is 0 Å². The van der Waals surface area contributed by atoms with Crippen molar-refractivity contribution < 1.29 is 4.79 Å². The summed E-state index contributed by atoms with van der Waals surface area (Å²) in [5.74, 6) is -0.104. The molecule has 0 spiro atoms. The summed E-state index contributed by atoms with van der Waals surface area (Å²) in [5, 5.41) is 1.37. The van der Waals surface area contributed by atoms with Crippen LogP contribution in [0.3, 0.4) is 0 Å². The third kappa shape index (κ3) is 3.63. The van der Waals surface area contributed by atoms with E-state index in [0.717, 1.165) is 11.1 Å². The molecule has 0 bridgehead atoms. The molecule has 1 aliphatic heterocycles. The first kappa shape index (κ1) is 15.8. The number of hydrogen-bond donors (Lipinski definition) is 0. The van der Waals surface area contributed by atoms with E-state index in [2.05, 4.69) is 9.98 Å². The highest BCUT2D eigenvalue weighted by Gasteiger charge is 2.29. The molecule has 1 aromatic carbocycles. The normalized spacial score (nSPS) is 16.1. The minimum absolute atomic E-state index is 0.104. The van der Waals surface area contributed by atoms with E-state index in [4.69, 9.17) is 11.6 Å². The predicted molar refractivity (Wildman–Crippen MR) is 95.2 cm³/mol. The number of benzene rings is 1. The Morgan fingerprint density at radius 3 is 2.70 bits per heavy atom. The van der Waals surface area contributed by atoms with E-state index < -0.39 is 0 Å². The van der Waals surface area contributed by atoms with E-state index in [1.807, 2.05) is 42.7 Å². The molecule has 0 atom stereocenters. The molecular weight excluding hydrogens is 330 g/mol. The van der Waals surface area contributed by atoms with Gasteiger partial charge >= 0.3 is 0 Å². The third-order valence-electron chi connectivity index (χ3n) is 3.34. The van der Waals surface area contributed by atoms with Gasteiger partial charge in [-0.1, -0.05) is 41.6 Å². The van der Waals surface area contributed by atoms with Crippen LogP contribution in [0.25, 0.3) is 6.08 Å². The molecule has 2 aromatic rings. The van der Waals surface area contributed by atoms with E-state index in [0.29, 0.717) is 22.4 Å². The van der Waals surface area contributed by atoms with Crippen molar-refractivity contribution in [2.24, 2.45) is 4.99 Å². The van der Waals surface area contributed by atoms with Gasteiger partial charge < -0.3 is 0 Å². The lowest BCUT2D eigenvalue weighted by molar-refractivity contribution is -0.122. The fourth-order valence-electron chi connectivity index (χ4n) is 2.22. The molecule has 3 rings (SSSR count). The Labute approximate surface area is 143 Å². The maximum Gasteiger partial charge on any atom is 0.278 e. The fraction of sp³-hybridized carbons (Fsp3) is 0.118. The topological polar surface area (TPSA) is 45.6 Å². The minimum Gasteiger partial charge on any atom is -0.281 e. The molecule has 0 unspecified atom stereocenters. The highest BCUT2D eigenvalue weighted by molar-refractivity contribution is 8.13. The van der Waals surface area contributed by atoms with E-state index in [1.165, 1.54) is 11.8 Å². The predicted octanol–water partition coefficient (Wildman–Crippen LogP) is 3.84. The molecule has 1 aromatic heterocycles. The van der Waals surface area contributed by atoms with Crippen molar-refractivity contribution in [3.8, 4) is 0 Å². The summed E-state index contributed by atoms with van der Waals surface area (Å²) in [6.07, 6.45) is 7.07. The largest absolute Gasteiger partial charge is 0.281 e. The van der Waals surface area contributed by atoms with Gasteiger partial charge in [0, 0.05) is 17.4 Å². The van der Waals surface area contributed by atoms with Crippen molar-refractivity contribution in [2.45, 2.75) is 6.54 Å². The number of carbonyl (C=O) groups is 1. The van der Waals surface area contributed by atoms with Crippen molar-refractivity contribution >= 4 is 40.5 Å². The fourth-order valence-corrected chi connectivity index (χ4v) is 2.90. The molecule has 0 saturated carbocycles. The molecule has 6 heteroatoms. The molecular formula is C17H14ClN3OS. The van der Waals surface area contributed by atoms with Gasteiger partial charge in [0.05, 0.1) is 6.54 Å². The maximum absolute atomic E-state index is 12.6. The number of halogens is 1. The summed E-state index contributed by atoms with van der Waals surface area (Å²) in [7, 11) is 0. The minimum atomic E-state index is -0.104. The van der Waals surface area contributed by atoms with Crippen molar-refractivity contribution in [1.29, 1.82) is 0 Å². The lowest BCUT2D eigenvalue weighted by atomic mass is 10.2. The van der Waals surface area contributed by atoms with Crippen LogP contribution in [0.2, 0.25) is 5.02 Å². The molecule has 0 radical (unpaired) electrons. The summed E-state index contributed by atoms with van der Waals surface area (Å²) in [6, 6.07) is 11.2. The zero-order valence-corrected chi connectivity index (χ0v) is 14.0. The molecule has 0 aliphatic carbocycles. The van der Waals surface area contributed by atoms with Gasteiger partial charge in [-0.2, -0.15) is 0 Å². The summed E-state index contributed by atoms with van der Waals surface area (Å²) in [5.41, 5.74) is 2.29. The van der Waals surface area contributed by atoms with Crippen molar-refractivity contribution in [2.75, 3.05) is 6.26 Å². The van der Waals surface area contributed by atoms with Crippen LogP contribution in [0, 0.1) is 0 Å². The Morgan fingerprint density at radius 2 is 2.04 bits per heavy atom. The molecule has 0 saturated heterocycles. The number of nitrogens with zero attached hydrogens (tertiary/aromatic N) is 3. The number of rotatable bonds is 3. The van der Waals surface area contributed by atoms with Gasteiger partial charge in [0.2, 0.25) is 0 Å². The van der Waals surface area contributed by atoms with E-state index in [1.54, 1.807) is 23.4 Å². The lowest BCUT2D eigenvalue weighted by Crippen LogP contribution is -2.29. The average molecular weight is 344 g/mol. The van der Waals surface area contributed by atoms with Crippen LogP contribution in [0.4, 0.5) is 0 Å². The van der Waals surface area contributed by atoms with Gasteiger partial charge in [0.15, 0.2) is 5.17 Å². The number of amides is 1. The quantitative estimate of drug-likeness (QED) is 0.795. The summed E-state index contributed by atoms with van der Waals surface area (Å²) in [4.78, 5) is 22.8. The number of hydrogen-bond acceptors (Lipinski definition) is 4. The van der Waals surface area contributed by atoms with Gasteiger partial charge in [0.25, 0.3) is 5.91 Å². The molecule has 116 valence electrons. The second-order valence-corrected chi connectivity index (χ2v) is 6.14. The van der Waals surface area contributed by atoms with Crippen LogP contribution in [0.5, 0.6) is 0 Å². The first-order chi connectivity index (χ1) is 11.2. The summed E-state index contributed by atoms with van der Waals surface area (Å²) >= 11 is 7.36. The van der Waals surface area contributed by atoms with Crippen LogP contribution in [-0.4, -0.2) is 27.2 Å². The summed E-state index contributed by atoms with van der Waals surface area (Å²) in [6.45, 7) is 0.472. The van der Waals surface area contributed by atoms with Gasteiger partial charge in [-0.25, -0.2) is 4.99 Å². The van der Waals surface area contributed by atoms with Crippen LogP contribution in [0.15, 0.2) is 59.5 Å². The molecule has 1 aliphatic rings. The second-order valence-electron chi connectivity index (χ2n) is 4.93. The smallest absolute Gasteiger partial charge is 0.278 e. The molecule has 2 heterocycles. The number of pyridine rings is 1. The highest BCUT2D eigenvalue weighted by atomic mass is 35.5. The SMILES string of the molecule is CSC1=NC(=Cc2cccnc2)C(=O)N1Cc1ccc(Cl)cc1. The molecule has 1 amide bonds. The van der Waals surface area contributed by atoms with Gasteiger partial charge in [-0.05, 0) is 41.7 Å². The van der Waals surface area contributed by atoms with Crippen molar-refractivity contribution in [3.63, 3.8) is 0 Å². The summed E-state index contributed by atoms with van der Waals surface area (Å²) < 4.78 is 0. The highest BCUT2D eigenvalue weighted by Crippen LogP contribution is 2.24. The van der Waals surface area contributed by atoms with E-state index >= 15 is 0 Å². The Hall–Kier alpha value is -2.11. The Morgan fingerprint density at radius 1 is 1.26 bits per heavy atom. The van der Waals surface area contributed by atoms with Gasteiger partial charge in [-0.15, -0.1) is 0 Å². The van der Waals surface area contributed by atoms with Gasteiger partial charge in [0.1, 0.15) is 5.70 Å². The van der Waals surface area contributed by atoms with Crippen LogP contribution in [-0.2, 0) is 11.3 Å². The Bertz CT molecular complexity index is 772. The first-order valence-corrected chi connectivity index (χ1v) is 8.58. The third-order valence-corrected chi connectivity index (χ3v) is 4.26. The first-order valence-electron chi connectivity index (χ1n) is 6.98. The standard InChI is InChI=1S/C17H14ClN3OS/c1-23-17-20-15(9-13-3-2-8-19-10-13)16(22)21(17)11-12-4-6-14(18)7-5-12/h2-10H,11H2,1H3. The zero-order chi connectivity index (χ0) is 16.2. The number of carbonyl (C=O) groups excluding carboxylic acids is 1. The van der Waals surface area contributed by atoms with Gasteiger partial charge in [-0.3, -0.25) is 14.7 Å².